The van der Waals surface area contributed by atoms with Gasteiger partial charge < -0.3 is 43.5 Å². The summed E-state index contributed by atoms with van der Waals surface area (Å²) in [4.78, 5) is 59.5. The van der Waals surface area contributed by atoms with Gasteiger partial charge in [-0.1, -0.05) is 34.3 Å². The predicted octanol–water partition coefficient (Wildman–Crippen LogP) is 2.65. The molecule has 13 atom stereocenters. The molecule has 290 valence electrons. The van der Waals surface area contributed by atoms with Crippen LogP contribution in [0.3, 0.4) is 0 Å². The summed E-state index contributed by atoms with van der Waals surface area (Å²) >= 11 is 0. The van der Waals surface area contributed by atoms with Gasteiger partial charge in [0.05, 0.1) is 49.8 Å². The van der Waals surface area contributed by atoms with Crippen LogP contribution in [0.2, 0.25) is 0 Å². The molecule has 2 bridgehead atoms. The molecule has 0 aliphatic carbocycles. The van der Waals surface area contributed by atoms with E-state index in [2.05, 4.69) is 11.6 Å². The second-order valence-electron chi connectivity index (χ2n) is 15.2. The number of ketones is 1. The van der Waals surface area contributed by atoms with Gasteiger partial charge in [0.15, 0.2) is 18.2 Å². The van der Waals surface area contributed by atoms with E-state index in [-0.39, 0.29) is 38.2 Å². The third-order valence-electron chi connectivity index (χ3n) is 10.5. The molecule has 0 aromatic rings. The fourth-order valence-electron chi connectivity index (χ4n) is 7.96. The number of ether oxygens (including phenoxy) is 6. The van der Waals surface area contributed by atoms with Gasteiger partial charge in [-0.05, 0) is 65.6 Å². The number of carbonyl (C=O) groups excluding carboxylic acids is 4. The minimum absolute atomic E-state index is 0.0435. The quantitative estimate of drug-likeness (QED) is 0.232. The van der Waals surface area contributed by atoms with Crippen molar-refractivity contribution in [3.8, 4) is 0 Å². The molecule has 1 amide bonds. The maximum absolute atomic E-state index is 14.4. The molecule has 3 heterocycles. The molecule has 3 aliphatic rings. The summed E-state index contributed by atoms with van der Waals surface area (Å²) in [5.74, 6) is -6.69. The van der Waals surface area contributed by atoms with Crippen LogP contribution in [0.4, 0.5) is 0 Å². The van der Waals surface area contributed by atoms with Gasteiger partial charge >= 0.3 is 11.9 Å². The van der Waals surface area contributed by atoms with Crippen LogP contribution >= 0.6 is 0 Å². The fourth-order valence-corrected chi connectivity index (χ4v) is 7.96. The maximum atomic E-state index is 14.4. The van der Waals surface area contributed by atoms with Gasteiger partial charge in [-0.15, -0.1) is 0 Å². The van der Waals surface area contributed by atoms with E-state index < -0.39 is 95.8 Å². The van der Waals surface area contributed by atoms with Gasteiger partial charge in [0.2, 0.25) is 5.91 Å². The van der Waals surface area contributed by atoms with Gasteiger partial charge in [0.25, 0.3) is 0 Å². The monoisotopic (exact) mass is 724 g/mol. The molecular formula is C37H60N2O12. The second kappa shape index (κ2) is 17.5. The fraction of sp³-hybridized carbons (Fsp3) is 0.811. The molecule has 51 heavy (non-hydrogen) atoms. The number of fused-ring (bicyclic) bond motifs is 5. The summed E-state index contributed by atoms with van der Waals surface area (Å²) in [6, 6.07) is -0.310. The molecule has 0 saturated carbocycles. The number of aliphatic hydroxyl groups excluding tert-OH is 1. The third kappa shape index (κ3) is 9.89. The second-order valence-corrected chi connectivity index (χ2v) is 15.2. The minimum atomic E-state index is -1.84. The Morgan fingerprint density at radius 1 is 1.08 bits per heavy atom. The van der Waals surface area contributed by atoms with Crippen LogP contribution in [0.25, 0.3) is 0 Å². The minimum Gasteiger partial charge on any atom is -0.459 e. The number of hydrogen-bond donors (Lipinski definition) is 2. The number of esters is 2. The molecule has 0 aromatic heterocycles. The Kier molecular flexibility index (Phi) is 14.7. The average molecular weight is 725 g/mol. The van der Waals surface area contributed by atoms with E-state index in [1.54, 1.807) is 27.7 Å². The van der Waals surface area contributed by atoms with Crippen molar-refractivity contribution in [2.45, 2.75) is 136 Å². The Morgan fingerprint density at radius 3 is 2.27 bits per heavy atom. The van der Waals surface area contributed by atoms with Gasteiger partial charge in [-0.3, -0.25) is 19.2 Å². The first-order valence-corrected chi connectivity index (χ1v) is 17.9. The normalized spacial score (nSPS) is 41.3. The molecule has 3 rings (SSSR count). The van der Waals surface area contributed by atoms with Crippen molar-refractivity contribution in [1.29, 1.82) is 0 Å². The predicted molar refractivity (Wildman–Crippen MR) is 187 cm³/mol. The third-order valence-corrected chi connectivity index (χ3v) is 10.5. The highest BCUT2D eigenvalue weighted by Crippen LogP contribution is 2.40. The number of aliphatic imine (C=N–C) groups is 1. The lowest BCUT2D eigenvalue weighted by Gasteiger charge is -2.48. The van der Waals surface area contributed by atoms with E-state index in [0.717, 1.165) is 0 Å². The van der Waals surface area contributed by atoms with Crippen molar-refractivity contribution in [2.75, 3.05) is 33.9 Å². The van der Waals surface area contributed by atoms with E-state index >= 15 is 0 Å². The molecule has 14 heteroatoms. The molecule has 3 fully saturated rings. The summed E-state index contributed by atoms with van der Waals surface area (Å²) in [6.45, 7) is 17.9. The Hall–Kier alpha value is -2.59. The Bertz CT molecular complexity index is 1320. The van der Waals surface area contributed by atoms with E-state index in [0.29, 0.717) is 17.7 Å². The van der Waals surface area contributed by atoms with Crippen LogP contribution in [0.15, 0.2) is 17.1 Å². The van der Waals surface area contributed by atoms with Crippen molar-refractivity contribution in [2.24, 2.45) is 28.7 Å². The first-order chi connectivity index (χ1) is 23.7. The summed E-state index contributed by atoms with van der Waals surface area (Å²) < 4.78 is 37.8. The van der Waals surface area contributed by atoms with Crippen molar-refractivity contribution in [3.63, 3.8) is 0 Å². The summed E-state index contributed by atoms with van der Waals surface area (Å²) in [6.07, 6.45) is -5.02. The van der Waals surface area contributed by atoms with Gasteiger partial charge in [-0.25, -0.2) is 4.99 Å². The largest absolute Gasteiger partial charge is 0.459 e. The Balaban J connectivity index is 2.35. The van der Waals surface area contributed by atoms with Crippen LogP contribution in [-0.2, 0) is 47.6 Å². The molecule has 14 nitrogen and oxygen atoms in total. The lowest BCUT2D eigenvalue weighted by Crippen LogP contribution is -2.61. The number of carbonyl (C=O) groups is 4. The first-order valence-electron chi connectivity index (χ1n) is 17.9. The smallest absolute Gasteiger partial charge is 0.319 e. The molecular weight excluding hydrogens is 664 g/mol. The zero-order valence-electron chi connectivity index (χ0n) is 32.2. The lowest BCUT2D eigenvalue weighted by molar-refractivity contribution is -0.299. The van der Waals surface area contributed by atoms with Crippen LogP contribution in [-0.4, -0.2) is 132 Å². The van der Waals surface area contributed by atoms with Crippen LogP contribution in [0.1, 0.15) is 81.6 Å². The van der Waals surface area contributed by atoms with E-state index in [1.165, 1.54) is 20.8 Å². The van der Waals surface area contributed by atoms with Crippen LogP contribution in [0.5, 0.6) is 0 Å². The van der Waals surface area contributed by atoms with E-state index in [4.69, 9.17) is 28.4 Å². The number of hydrogen-bond acceptors (Lipinski definition) is 13. The van der Waals surface area contributed by atoms with Gasteiger partial charge in [0.1, 0.15) is 17.6 Å². The number of aliphatic hydroxyl groups is 2. The highest BCUT2D eigenvalue weighted by atomic mass is 16.7. The standard InChI is InChI=1S/C37H60N2O12/c1-13-28-37(10,45)33-22(5)29(38-24(7)41)20(3)15-36(9,47-18-19(2)17-46-33)32(23(6)30(43)26(16-40)34(44)50-28)51-35-31(49-25(8)42)27(39(11)12)14-21(4)48-35/h20-23,26-28,31-33,35,40,45H,2,13-18H2,1,3-12H3/t20-,21-,22+,23+,26?,27+,28-,31-,32-,33+,35+,36-,37-/m1/s1. The highest BCUT2D eigenvalue weighted by Gasteiger charge is 2.53. The summed E-state index contributed by atoms with van der Waals surface area (Å²) in [5.41, 5.74) is -2.30. The molecule has 1 unspecified atom stereocenters. The Labute approximate surface area is 302 Å². The van der Waals surface area contributed by atoms with Crippen LogP contribution < -0.4 is 0 Å². The van der Waals surface area contributed by atoms with Crippen LogP contribution in [0, 0.1) is 23.7 Å². The van der Waals surface area contributed by atoms with Gasteiger partial charge in [-0.2, -0.15) is 0 Å². The SMILES string of the molecule is C=C1CO[C@H]2[C@@H](C)C(=NC(C)=O)[C@H](C)C[C@@](C)(OC1)[C@H](O[C@@H]1O[C@H](C)C[C@H](N(C)C)[C@H]1OC(C)=O)[C@@H](C)C(=O)C(CO)C(=O)O[C@H](CC)[C@@]2(C)O. The molecule has 3 aliphatic heterocycles. The molecule has 3 saturated heterocycles. The van der Waals surface area contributed by atoms with E-state index in [1.807, 2.05) is 32.8 Å². The van der Waals surface area contributed by atoms with E-state index in [9.17, 15) is 29.4 Å². The molecule has 0 radical (unpaired) electrons. The zero-order valence-corrected chi connectivity index (χ0v) is 32.2. The van der Waals surface area contributed by atoms with Crippen molar-refractivity contribution >= 4 is 29.3 Å². The first kappa shape index (κ1) is 42.8. The number of cyclic esters (lactones) is 1. The number of Topliss-reactive ketones (excluding diaryl/α,β-unsaturated/α-hetero) is 1. The number of likely N-dealkylation sites (N-methyl/N-ethyl adjacent to an activating group) is 1. The summed E-state index contributed by atoms with van der Waals surface area (Å²) in [5, 5.41) is 22.6. The zero-order chi connectivity index (χ0) is 38.6. The maximum Gasteiger partial charge on any atom is 0.319 e. The number of nitrogens with zero attached hydrogens (tertiary/aromatic N) is 2. The van der Waals surface area contributed by atoms with Crippen molar-refractivity contribution < 1.29 is 57.8 Å². The average Bonchev–Trinajstić information content (AvgIpc) is 3.04. The topological polar surface area (TPSA) is 180 Å². The van der Waals surface area contributed by atoms with Gasteiger partial charge in [0, 0.05) is 31.4 Å². The number of amides is 1. The molecule has 0 aromatic carbocycles. The Morgan fingerprint density at radius 2 is 1.73 bits per heavy atom. The lowest BCUT2D eigenvalue weighted by atomic mass is 9.73. The highest BCUT2D eigenvalue weighted by molar-refractivity contribution is 6.01. The van der Waals surface area contributed by atoms with Crippen molar-refractivity contribution in [1.82, 2.24) is 4.90 Å². The molecule has 2 N–H and O–H groups in total. The molecule has 0 spiro atoms. The number of rotatable bonds is 6. The van der Waals surface area contributed by atoms with Crippen molar-refractivity contribution in [3.05, 3.63) is 12.2 Å². The summed E-state index contributed by atoms with van der Waals surface area (Å²) in [7, 11) is 3.72.